The Morgan fingerprint density at radius 2 is 1.83 bits per heavy atom. The van der Waals surface area contributed by atoms with Crippen molar-refractivity contribution in [1.82, 2.24) is 20.2 Å². The van der Waals surface area contributed by atoms with Crippen molar-refractivity contribution in [1.29, 1.82) is 0 Å². The molecule has 29 heavy (non-hydrogen) atoms. The van der Waals surface area contributed by atoms with Crippen LogP contribution in [0.1, 0.15) is 39.8 Å². The number of aryl methyl sites for hydroxylation is 4. The van der Waals surface area contributed by atoms with Crippen LogP contribution in [0.4, 0.5) is 5.69 Å². The van der Waals surface area contributed by atoms with Crippen molar-refractivity contribution >= 4 is 22.6 Å². The van der Waals surface area contributed by atoms with Crippen molar-refractivity contribution in [3.63, 3.8) is 0 Å². The van der Waals surface area contributed by atoms with Gasteiger partial charge in [0, 0.05) is 22.2 Å². The topological polar surface area (TPSA) is 83.6 Å². The molecule has 2 N–H and O–H groups in total. The number of hydrogen-bond acceptors (Lipinski definition) is 4. The van der Waals surface area contributed by atoms with Gasteiger partial charge in [0.15, 0.2) is 5.65 Å². The maximum atomic E-state index is 12.7. The number of anilines is 1. The van der Waals surface area contributed by atoms with Gasteiger partial charge in [-0.25, -0.2) is 4.98 Å². The van der Waals surface area contributed by atoms with Crippen LogP contribution in [0.5, 0.6) is 0 Å². The predicted molar refractivity (Wildman–Crippen MR) is 115 cm³/mol. The fraction of sp³-hybridized carbons (Fsp3) is 0.217. The van der Waals surface area contributed by atoms with Crippen molar-refractivity contribution in [2.75, 3.05) is 5.32 Å². The predicted octanol–water partition coefficient (Wildman–Crippen LogP) is 4.76. The monoisotopic (exact) mass is 385 g/mol. The molecule has 146 valence electrons. The highest BCUT2D eigenvalue weighted by atomic mass is 16.1. The normalized spacial score (nSPS) is 11.0. The third-order valence-electron chi connectivity index (χ3n) is 4.94. The fourth-order valence-corrected chi connectivity index (χ4v) is 3.55. The Balaban J connectivity index is 1.66. The number of aromatic nitrogens is 4. The van der Waals surface area contributed by atoms with Crippen LogP contribution in [-0.2, 0) is 6.42 Å². The van der Waals surface area contributed by atoms with Gasteiger partial charge in [-0.1, -0.05) is 24.1 Å². The molecule has 0 spiro atoms. The molecule has 0 radical (unpaired) electrons. The molecule has 4 rings (SSSR count). The van der Waals surface area contributed by atoms with Crippen LogP contribution in [0.3, 0.4) is 0 Å². The molecule has 6 heteroatoms. The second kappa shape index (κ2) is 7.47. The molecule has 0 aliphatic rings. The van der Waals surface area contributed by atoms with E-state index in [0.29, 0.717) is 11.3 Å². The Bertz CT molecular complexity index is 1210. The third-order valence-corrected chi connectivity index (χ3v) is 4.94. The van der Waals surface area contributed by atoms with E-state index in [1.807, 2.05) is 57.2 Å². The zero-order valence-electron chi connectivity index (χ0n) is 17.0. The summed E-state index contributed by atoms with van der Waals surface area (Å²) in [6, 6.07) is 11.7. The summed E-state index contributed by atoms with van der Waals surface area (Å²) in [5.41, 5.74) is 7.64. The lowest BCUT2D eigenvalue weighted by Crippen LogP contribution is -2.13. The number of rotatable bonds is 4. The quantitative estimate of drug-likeness (QED) is 0.530. The van der Waals surface area contributed by atoms with Crippen LogP contribution in [0.2, 0.25) is 0 Å². The Morgan fingerprint density at radius 1 is 1.07 bits per heavy atom. The number of hydrogen-bond donors (Lipinski definition) is 2. The minimum atomic E-state index is -0.155. The SMILES string of the molecule is CCc1n[nH]c2nc(-c3cc(NC(=O)c4cc(C)cc(C)c4)cnc3C)ccc12. The van der Waals surface area contributed by atoms with Crippen molar-refractivity contribution in [3.05, 3.63) is 70.7 Å². The Morgan fingerprint density at radius 3 is 2.55 bits per heavy atom. The number of carbonyl (C=O) groups is 1. The van der Waals surface area contributed by atoms with Crippen LogP contribution in [0.25, 0.3) is 22.3 Å². The number of H-pyrrole nitrogens is 1. The second-order valence-corrected chi connectivity index (χ2v) is 7.30. The third kappa shape index (κ3) is 3.74. The van der Waals surface area contributed by atoms with E-state index in [9.17, 15) is 4.79 Å². The molecule has 3 aromatic heterocycles. The van der Waals surface area contributed by atoms with Crippen molar-refractivity contribution < 1.29 is 4.79 Å². The Kier molecular flexibility index (Phi) is 4.84. The first kappa shape index (κ1) is 18.8. The Labute approximate surface area is 169 Å². The van der Waals surface area contributed by atoms with E-state index in [0.717, 1.165) is 51.2 Å². The summed E-state index contributed by atoms with van der Waals surface area (Å²) in [5, 5.41) is 11.3. The molecule has 0 aliphatic heterocycles. The van der Waals surface area contributed by atoms with Gasteiger partial charge in [0.25, 0.3) is 5.91 Å². The highest BCUT2D eigenvalue weighted by Gasteiger charge is 2.13. The molecule has 0 fully saturated rings. The van der Waals surface area contributed by atoms with Crippen LogP contribution in [-0.4, -0.2) is 26.1 Å². The van der Waals surface area contributed by atoms with E-state index in [-0.39, 0.29) is 5.91 Å². The summed E-state index contributed by atoms with van der Waals surface area (Å²) in [5.74, 6) is -0.155. The first-order valence-corrected chi connectivity index (χ1v) is 9.65. The number of nitrogens with zero attached hydrogens (tertiary/aromatic N) is 3. The maximum Gasteiger partial charge on any atom is 0.255 e. The molecule has 3 heterocycles. The summed E-state index contributed by atoms with van der Waals surface area (Å²) >= 11 is 0. The molecule has 1 aromatic carbocycles. The largest absolute Gasteiger partial charge is 0.321 e. The highest BCUT2D eigenvalue weighted by Crippen LogP contribution is 2.26. The maximum absolute atomic E-state index is 12.7. The molecule has 4 aromatic rings. The first-order valence-electron chi connectivity index (χ1n) is 9.65. The van der Waals surface area contributed by atoms with E-state index < -0.39 is 0 Å². The van der Waals surface area contributed by atoms with E-state index in [1.165, 1.54) is 0 Å². The molecule has 6 nitrogen and oxygen atoms in total. The minimum absolute atomic E-state index is 0.155. The van der Waals surface area contributed by atoms with Gasteiger partial charge in [-0.05, 0) is 57.5 Å². The van der Waals surface area contributed by atoms with Gasteiger partial charge in [0.2, 0.25) is 0 Å². The number of amides is 1. The number of carbonyl (C=O) groups excluding carboxylic acids is 1. The minimum Gasteiger partial charge on any atom is -0.321 e. The lowest BCUT2D eigenvalue weighted by atomic mass is 10.1. The van der Waals surface area contributed by atoms with E-state index in [2.05, 4.69) is 27.4 Å². The summed E-state index contributed by atoms with van der Waals surface area (Å²) in [7, 11) is 0. The van der Waals surface area contributed by atoms with Gasteiger partial charge in [0.1, 0.15) is 0 Å². The average Bonchev–Trinajstić information content (AvgIpc) is 3.11. The summed E-state index contributed by atoms with van der Waals surface area (Å²) < 4.78 is 0. The van der Waals surface area contributed by atoms with Crippen molar-refractivity contribution in [2.24, 2.45) is 0 Å². The van der Waals surface area contributed by atoms with Gasteiger partial charge in [0.05, 0.1) is 23.3 Å². The number of pyridine rings is 2. The van der Waals surface area contributed by atoms with Crippen molar-refractivity contribution in [2.45, 2.75) is 34.1 Å². The number of fused-ring (bicyclic) bond motifs is 1. The van der Waals surface area contributed by atoms with Gasteiger partial charge in [-0.15, -0.1) is 0 Å². The highest BCUT2D eigenvalue weighted by molar-refractivity contribution is 6.04. The molecule has 0 saturated heterocycles. The van der Waals surface area contributed by atoms with Crippen LogP contribution < -0.4 is 5.32 Å². The molecule has 0 atom stereocenters. The fourth-order valence-electron chi connectivity index (χ4n) is 3.55. The number of aromatic amines is 1. The molecular formula is C23H23N5O. The smallest absolute Gasteiger partial charge is 0.255 e. The summed E-state index contributed by atoms with van der Waals surface area (Å²) in [6.07, 6.45) is 2.52. The lowest BCUT2D eigenvalue weighted by molar-refractivity contribution is 0.102. The zero-order valence-corrected chi connectivity index (χ0v) is 17.0. The molecule has 1 amide bonds. The van der Waals surface area contributed by atoms with Crippen LogP contribution in [0.15, 0.2) is 42.6 Å². The molecule has 0 bridgehead atoms. The van der Waals surface area contributed by atoms with E-state index in [1.54, 1.807) is 6.20 Å². The summed E-state index contributed by atoms with van der Waals surface area (Å²) in [6.45, 7) is 7.97. The molecule has 0 unspecified atom stereocenters. The van der Waals surface area contributed by atoms with Crippen LogP contribution in [0, 0.1) is 20.8 Å². The molecule has 0 aliphatic carbocycles. The van der Waals surface area contributed by atoms with Gasteiger partial charge in [-0.3, -0.25) is 14.9 Å². The standard InChI is InChI=1S/C23H23N5O/c1-5-20-18-6-7-21(26-22(18)28-27-20)19-11-17(12-24-15(19)4)25-23(29)16-9-13(2)8-14(3)10-16/h6-12H,5H2,1-4H3,(H,25,29)(H,26,27,28). The average molecular weight is 385 g/mol. The lowest BCUT2D eigenvalue weighted by Gasteiger charge is -2.10. The second-order valence-electron chi connectivity index (χ2n) is 7.30. The van der Waals surface area contributed by atoms with Gasteiger partial charge < -0.3 is 5.32 Å². The van der Waals surface area contributed by atoms with E-state index >= 15 is 0 Å². The van der Waals surface area contributed by atoms with Gasteiger partial charge >= 0.3 is 0 Å². The van der Waals surface area contributed by atoms with Crippen LogP contribution >= 0.6 is 0 Å². The Hall–Kier alpha value is -3.54. The summed E-state index contributed by atoms with van der Waals surface area (Å²) in [4.78, 5) is 21.9. The molecule has 0 saturated carbocycles. The van der Waals surface area contributed by atoms with E-state index in [4.69, 9.17) is 4.98 Å². The zero-order chi connectivity index (χ0) is 20.5. The van der Waals surface area contributed by atoms with Gasteiger partial charge in [-0.2, -0.15) is 5.10 Å². The molecular weight excluding hydrogens is 362 g/mol. The van der Waals surface area contributed by atoms with Crippen molar-refractivity contribution in [3.8, 4) is 11.3 Å². The number of nitrogens with one attached hydrogen (secondary N) is 2. The number of benzene rings is 1. The first-order chi connectivity index (χ1) is 13.9.